The van der Waals surface area contributed by atoms with E-state index in [1.807, 2.05) is 67.6 Å². The van der Waals surface area contributed by atoms with Crippen LogP contribution < -0.4 is 18.9 Å². The number of ether oxygens (including phenoxy) is 5. The number of allylic oxidation sites excluding steroid dienone is 1. The number of benzene rings is 3. The molecule has 2 heterocycles. The summed E-state index contributed by atoms with van der Waals surface area (Å²) in [6.45, 7) is 2.34. The van der Waals surface area contributed by atoms with E-state index in [1.54, 1.807) is 13.2 Å². The van der Waals surface area contributed by atoms with Gasteiger partial charge >= 0.3 is 11.9 Å². The maximum Gasteiger partial charge on any atom is 0.342 e. The van der Waals surface area contributed by atoms with Gasteiger partial charge in [-0.05, 0) is 79.6 Å². The number of hydrogen-bond acceptors (Lipinski definition) is 8. The number of carbonyl (C=O) groups is 3. The van der Waals surface area contributed by atoms with Crippen LogP contribution in [0.3, 0.4) is 0 Å². The lowest BCUT2D eigenvalue weighted by molar-refractivity contribution is -0.135. The van der Waals surface area contributed by atoms with Crippen molar-refractivity contribution in [2.75, 3.05) is 20.8 Å². The van der Waals surface area contributed by atoms with E-state index in [1.165, 1.54) is 7.11 Å². The molecule has 2 atom stereocenters. The number of cyclic esters (lactones) is 1. The zero-order chi connectivity index (χ0) is 31.8. The van der Waals surface area contributed by atoms with Crippen molar-refractivity contribution in [3.8, 4) is 23.0 Å². The predicted molar refractivity (Wildman–Crippen MR) is 170 cm³/mol. The lowest BCUT2D eigenvalue weighted by Crippen LogP contribution is -2.24. The fraction of sp³-hybridized carbons (Fsp3) is 0.378. The van der Waals surface area contributed by atoms with Crippen molar-refractivity contribution in [1.29, 1.82) is 0 Å². The molecule has 5 rings (SSSR count). The predicted octanol–water partition coefficient (Wildman–Crippen LogP) is 7.25. The average molecular weight is 613 g/mol. The second-order valence-electron chi connectivity index (χ2n) is 11.5. The van der Waals surface area contributed by atoms with Crippen LogP contribution in [0.15, 0.2) is 60.7 Å². The molecule has 0 bridgehead atoms. The van der Waals surface area contributed by atoms with Gasteiger partial charge in [-0.2, -0.15) is 0 Å². The fourth-order valence-corrected chi connectivity index (χ4v) is 5.87. The second-order valence-corrected chi connectivity index (χ2v) is 11.5. The van der Waals surface area contributed by atoms with Gasteiger partial charge in [0.15, 0.2) is 0 Å². The highest BCUT2D eigenvalue weighted by molar-refractivity contribution is 5.99. The van der Waals surface area contributed by atoms with Crippen molar-refractivity contribution < 1.29 is 38.1 Å². The molecule has 2 aliphatic heterocycles. The molecule has 0 N–H and O–H groups in total. The summed E-state index contributed by atoms with van der Waals surface area (Å²) in [6, 6.07) is 17.3. The topological polar surface area (TPSA) is 97.4 Å². The molecule has 0 unspecified atom stereocenters. The molecule has 8 heteroatoms. The first-order valence-corrected chi connectivity index (χ1v) is 15.6. The van der Waals surface area contributed by atoms with Crippen LogP contribution in [0, 0.1) is 0 Å². The molecule has 236 valence electrons. The molecule has 0 amide bonds. The number of fused-ring (bicyclic) bond motifs is 2. The minimum atomic E-state index is -0.513. The van der Waals surface area contributed by atoms with E-state index in [0.717, 1.165) is 29.7 Å². The van der Waals surface area contributed by atoms with E-state index in [-0.39, 0.29) is 24.3 Å². The largest absolute Gasteiger partial charge is 0.497 e. The van der Waals surface area contributed by atoms with Crippen molar-refractivity contribution in [1.82, 2.24) is 0 Å². The van der Waals surface area contributed by atoms with E-state index in [4.69, 9.17) is 23.7 Å². The van der Waals surface area contributed by atoms with Gasteiger partial charge in [0.1, 0.15) is 34.3 Å². The quantitative estimate of drug-likeness (QED) is 0.203. The number of carbonyl (C=O) groups excluding carboxylic acids is 3. The van der Waals surface area contributed by atoms with Crippen molar-refractivity contribution in [2.24, 2.45) is 0 Å². The Morgan fingerprint density at radius 1 is 0.889 bits per heavy atom. The number of esters is 2. The molecule has 3 aromatic carbocycles. The molecule has 0 saturated carbocycles. The SMILES string of the molecule is COc1ccc(CCOc2ccc([C@@H]3CC(=O)Oc4cc5c(c(OC)c43)C(=O)O[C@H](C)CCCC(=O)CCCC=C5)cc2)cc1. The summed E-state index contributed by atoms with van der Waals surface area (Å²) in [6.07, 6.45) is 7.86. The summed E-state index contributed by atoms with van der Waals surface area (Å²) in [5, 5.41) is 0. The third kappa shape index (κ3) is 7.93. The maximum atomic E-state index is 13.7. The molecular formula is C37H40O8. The van der Waals surface area contributed by atoms with Crippen LogP contribution in [-0.2, 0) is 20.7 Å². The molecule has 0 saturated heterocycles. The highest BCUT2D eigenvalue weighted by Gasteiger charge is 2.36. The van der Waals surface area contributed by atoms with Gasteiger partial charge in [-0.1, -0.05) is 36.4 Å². The van der Waals surface area contributed by atoms with Gasteiger partial charge in [0.25, 0.3) is 0 Å². The summed E-state index contributed by atoms with van der Waals surface area (Å²) in [4.78, 5) is 38.7. The second kappa shape index (κ2) is 14.9. The molecule has 0 spiro atoms. The van der Waals surface area contributed by atoms with Crippen molar-refractivity contribution in [2.45, 2.75) is 70.3 Å². The van der Waals surface area contributed by atoms with E-state index < -0.39 is 11.9 Å². The summed E-state index contributed by atoms with van der Waals surface area (Å²) in [5.41, 5.74) is 3.49. The van der Waals surface area contributed by atoms with Gasteiger partial charge in [-0.3, -0.25) is 9.59 Å². The number of hydrogen-bond donors (Lipinski definition) is 0. The minimum Gasteiger partial charge on any atom is -0.497 e. The van der Waals surface area contributed by atoms with Crippen LogP contribution >= 0.6 is 0 Å². The van der Waals surface area contributed by atoms with Crippen LogP contribution in [0.4, 0.5) is 0 Å². The van der Waals surface area contributed by atoms with E-state index >= 15 is 0 Å². The van der Waals surface area contributed by atoms with Crippen LogP contribution in [0.5, 0.6) is 23.0 Å². The lowest BCUT2D eigenvalue weighted by atomic mass is 9.83. The standard InChI is InChI=1S/C37H40O8/c1-24-8-7-11-28(38)10-6-4-5-9-27-22-32-35(36(42-3)34(27)37(40)44-24)31(23-33(39)45-32)26-14-18-30(19-15-26)43-21-20-25-12-16-29(41-2)17-13-25/h5,9,12-19,22,24,31H,4,6-8,10-11,20-21,23H2,1-3H3/t24-,31+/m1/s1. The van der Waals surface area contributed by atoms with E-state index in [0.29, 0.717) is 72.6 Å². The van der Waals surface area contributed by atoms with Gasteiger partial charge in [0.2, 0.25) is 0 Å². The first kappa shape index (κ1) is 31.8. The summed E-state index contributed by atoms with van der Waals surface area (Å²) in [5.74, 6) is 1.17. The number of Topliss-reactive ketones (excluding diaryl/α,β-unsaturated/α-hetero) is 1. The minimum absolute atomic E-state index is 0.0924. The highest BCUT2D eigenvalue weighted by Crippen LogP contribution is 2.47. The molecule has 8 nitrogen and oxygen atoms in total. The van der Waals surface area contributed by atoms with Crippen molar-refractivity contribution >= 4 is 23.8 Å². The molecule has 0 aliphatic carbocycles. The molecule has 0 radical (unpaired) electrons. The van der Waals surface area contributed by atoms with Gasteiger partial charge < -0.3 is 23.7 Å². The average Bonchev–Trinajstić information content (AvgIpc) is 3.03. The molecule has 0 aromatic heterocycles. The van der Waals surface area contributed by atoms with Gasteiger partial charge in [0, 0.05) is 30.7 Å². The van der Waals surface area contributed by atoms with Gasteiger partial charge in [0.05, 0.1) is 33.4 Å². The lowest BCUT2D eigenvalue weighted by Gasteiger charge is -2.29. The first-order valence-electron chi connectivity index (χ1n) is 15.6. The molecule has 0 fully saturated rings. The third-order valence-electron chi connectivity index (χ3n) is 8.26. The number of ketones is 1. The van der Waals surface area contributed by atoms with Gasteiger partial charge in [-0.25, -0.2) is 4.79 Å². The monoisotopic (exact) mass is 612 g/mol. The Kier molecular flexibility index (Phi) is 10.6. The van der Waals surface area contributed by atoms with E-state index in [2.05, 4.69) is 0 Å². The summed E-state index contributed by atoms with van der Waals surface area (Å²) >= 11 is 0. The van der Waals surface area contributed by atoms with Crippen LogP contribution in [0.25, 0.3) is 6.08 Å². The van der Waals surface area contributed by atoms with Gasteiger partial charge in [-0.15, -0.1) is 0 Å². The Balaban J connectivity index is 1.42. The van der Waals surface area contributed by atoms with Crippen molar-refractivity contribution in [3.05, 3.63) is 88.5 Å². The Morgan fingerprint density at radius 3 is 2.36 bits per heavy atom. The van der Waals surface area contributed by atoms with Crippen LogP contribution in [0.2, 0.25) is 0 Å². The molecule has 2 aliphatic rings. The maximum absolute atomic E-state index is 13.7. The normalized spacial score (nSPS) is 19.0. The first-order chi connectivity index (χ1) is 21.9. The Bertz CT molecular complexity index is 1540. The van der Waals surface area contributed by atoms with Crippen molar-refractivity contribution in [3.63, 3.8) is 0 Å². The zero-order valence-corrected chi connectivity index (χ0v) is 26.1. The van der Waals surface area contributed by atoms with Crippen LogP contribution in [0.1, 0.15) is 90.4 Å². The molecular weight excluding hydrogens is 572 g/mol. The molecule has 45 heavy (non-hydrogen) atoms. The highest BCUT2D eigenvalue weighted by atomic mass is 16.5. The number of rotatable bonds is 7. The smallest absolute Gasteiger partial charge is 0.342 e. The summed E-state index contributed by atoms with van der Waals surface area (Å²) in [7, 11) is 3.16. The van der Waals surface area contributed by atoms with Crippen LogP contribution in [-0.4, -0.2) is 44.7 Å². The van der Waals surface area contributed by atoms with E-state index in [9.17, 15) is 14.4 Å². The fourth-order valence-electron chi connectivity index (χ4n) is 5.87. The summed E-state index contributed by atoms with van der Waals surface area (Å²) < 4.78 is 28.7. The third-order valence-corrected chi connectivity index (χ3v) is 8.26. The number of methoxy groups -OCH3 is 2. The Hall–Kier alpha value is -4.59. The Labute approximate surface area is 264 Å². The Morgan fingerprint density at radius 2 is 1.62 bits per heavy atom. The zero-order valence-electron chi connectivity index (χ0n) is 26.1. The molecule has 3 aromatic rings.